The molecule has 0 bridgehead atoms. The SMILES string of the molecule is Cc1c(-c2cc[nH]c2)ccn2c(=O)c(C(=O)[O-])cc(C3CC3)c12.[K+]. The number of nitrogens with zero attached hydrogens (tertiary/aromatic N) is 1. The van der Waals surface area contributed by atoms with E-state index >= 15 is 0 Å². The predicted molar refractivity (Wildman–Crippen MR) is 84.5 cm³/mol. The van der Waals surface area contributed by atoms with Gasteiger partial charge in [0, 0.05) is 18.6 Å². The van der Waals surface area contributed by atoms with Gasteiger partial charge >= 0.3 is 51.4 Å². The molecule has 0 aliphatic heterocycles. The summed E-state index contributed by atoms with van der Waals surface area (Å²) in [6.07, 6.45) is 7.46. The Balaban J connectivity index is 0.00000169. The summed E-state index contributed by atoms with van der Waals surface area (Å²) in [5.74, 6) is -1.09. The number of fused-ring (bicyclic) bond motifs is 1. The van der Waals surface area contributed by atoms with Crippen molar-refractivity contribution < 1.29 is 61.3 Å². The molecule has 5 nitrogen and oxygen atoms in total. The van der Waals surface area contributed by atoms with E-state index in [9.17, 15) is 14.7 Å². The largest absolute Gasteiger partial charge is 1.00 e. The third-order valence-corrected chi connectivity index (χ3v) is 4.56. The second-order valence-corrected chi connectivity index (χ2v) is 6.05. The number of carboxylic acid groups (broad SMARTS) is 1. The molecule has 0 spiro atoms. The summed E-state index contributed by atoms with van der Waals surface area (Å²) < 4.78 is 1.45. The Bertz CT molecular complexity index is 986. The minimum Gasteiger partial charge on any atom is -0.545 e. The number of aromatic nitrogens is 2. The summed E-state index contributed by atoms with van der Waals surface area (Å²) in [5, 5.41) is 11.3. The van der Waals surface area contributed by atoms with Gasteiger partial charge in [0.15, 0.2) is 0 Å². The van der Waals surface area contributed by atoms with E-state index in [1.165, 1.54) is 10.5 Å². The van der Waals surface area contributed by atoms with Crippen LogP contribution in [0.5, 0.6) is 0 Å². The number of nitrogens with one attached hydrogen (secondary N) is 1. The number of rotatable bonds is 3. The molecule has 1 fully saturated rings. The molecule has 3 aromatic heterocycles. The third kappa shape index (κ3) is 2.82. The number of carboxylic acids is 1. The molecule has 4 rings (SSSR count). The van der Waals surface area contributed by atoms with Gasteiger partial charge in [-0.05, 0) is 66.1 Å². The van der Waals surface area contributed by atoms with Crippen LogP contribution in [0.3, 0.4) is 0 Å². The molecule has 1 saturated carbocycles. The van der Waals surface area contributed by atoms with Crippen LogP contribution in [0.2, 0.25) is 0 Å². The fourth-order valence-corrected chi connectivity index (χ4v) is 3.25. The Labute approximate surface area is 181 Å². The second-order valence-electron chi connectivity index (χ2n) is 6.05. The maximum atomic E-state index is 12.5. The first-order valence-corrected chi connectivity index (χ1v) is 7.61. The average Bonchev–Trinajstić information content (AvgIpc) is 3.22. The summed E-state index contributed by atoms with van der Waals surface area (Å²) in [6.45, 7) is 1.97. The molecular formula is C18H15KN2O3. The zero-order valence-corrected chi connectivity index (χ0v) is 16.8. The van der Waals surface area contributed by atoms with Crippen LogP contribution in [0.15, 0.2) is 41.6 Å². The van der Waals surface area contributed by atoms with Crippen LogP contribution in [0, 0.1) is 6.92 Å². The van der Waals surface area contributed by atoms with Crippen LogP contribution in [0.1, 0.15) is 40.2 Å². The van der Waals surface area contributed by atoms with Crippen LogP contribution in [-0.2, 0) is 0 Å². The first-order valence-electron chi connectivity index (χ1n) is 7.61. The van der Waals surface area contributed by atoms with E-state index < -0.39 is 11.5 Å². The van der Waals surface area contributed by atoms with E-state index in [0.717, 1.165) is 40.6 Å². The van der Waals surface area contributed by atoms with E-state index in [2.05, 4.69) is 4.98 Å². The van der Waals surface area contributed by atoms with Crippen LogP contribution in [0.4, 0.5) is 0 Å². The fourth-order valence-electron chi connectivity index (χ4n) is 3.25. The third-order valence-electron chi connectivity index (χ3n) is 4.56. The van der Waals surface area contributed by atoms with Gasteiger partial charge < -0.3 is 14.9 Å². The number of carbonyl (C=O) groups is 1. The maximum Gasteiger partial charge on any atom is 1.00 e. The van der Waals surface area contributed by atoms with E-state index in [-0.39, 0.29) is 56.9 Å². The van der Waals surface area contributed by atoms with Crippen LogP contribution in [0.25, 0.3) is 16.6 Å². The van der Waals surface area contributed by atoms with Crippen molar-refractivity contribution in [1.29, 1.82) is 0 Å². The van der Waals surface area contributed by atoms with Crippen molar-refractivity contribution in [3.8, 4) is 11.1 Å². The Kier molecular flexibility index (Phi) is 4.86. The van der Waals surface area contributed by atoms with Crippen molar-refractivity contribution in [2.75, 3.05) is 0 Å². The van der Waals surface area contributed by atoms with Crippen molar-refractivity contribution in [1.82, 2.24) is 9.38 Å². The molecular weight excluding hydrogens is 331 g/mol. The zero-order valence-electron chi connectivity index (χ0n) is 13.6. The van der Waals surface area contributed by atoms with Gasteiger partial charge in [0.1, 0.15) is 0 Å². The van der Waals surface area contributed by atoms with Crippen LogP contribution in [-0.4, -0.2) is 15.4 Å². The standard InChI is InChI=1S/C18H16N2O3.K/c1-10-13(12-4-6-19-9-12)5-7-20-16(10)14(11-2-3-11)8-15(17(20)21)18(22)23;/h4-9,11,19H,2-3H2,1H3,(H,22,23);/q;+1/p-1. The monoisotopic (exact) mass is 346 g/mol. The summed E-state index contributed by atoms with van der Waals surface area (Å²) >= 11 is 0. The molecule has 1 aliphatic rings. The van der Waals surface area contributed by atoms with Crippen molar-refractivity contribution in [2.24, 2.45) is 0 Å². The van der Waals surface area contributed by atoms with Gasteiger partial charge in [0.25, 0.3) is 5.56 Å². The summed E-state index contributed by atoms with van der Waals surface area (Å²) in [5.41, 5.74) is 4.01. The molecule has 1 N–H and O–H groups in total. The van der Waals surface area contributed by atoms with E-state index in [1.807, 2.05) is 31.5 Å². The number of aromatic amines is 1. The fraction of sp³-hybridized carbons (Fsp3) is 0.222. The molecule has 24 heavy (non-hydrogen) atoms. The number of aryl methyl sites for hydroxylation is 1. The molecule has 0 amide bonds. The molecule has 0 atom stereocenters. The quantitative estimate of drug-likeness (QED) is 0.608. The number of carbonyl (C=O) groups excluding carboxylic acids is 1. The van der Waals surface area contributed by atoms with E-state index in [1.54, 1.807) is 6.20 Å². The van der Waals surface area contributed by atoms with Gasteiger partial charge in [-0.1, -0.05) is 0 Å². The first kappa shape index (κ1) is 17.6. The number of aromatic carboxylic acids is 1. The normalized spacial score (nSPS) is 13.7. The molecule has 0 aromatic carbocycles. The zero-order chi connectivity index (χ0) is 16.1. The Morgan fingerprint density at radius 1 is 1.33 bits per heavy atom. The average molecular weight is 346 g/mol. The summed E-state index contributed by atoms with van der Waals surface area (Å²) in [7, 11) is 0. The summed E-state index contributed by atoms with van der Waals surface area (Å²) in [6, 6.07) is 5.34. The van der Waals surface area contributed by atoms with Gasteiger partial charge in [-0.3, -0.25) is 9.20 Å². The minimum absolute atomic E-state index is 0. The molecule has 1 aliphatic carbocycles. The van der Waals surface area contributed by atoms with E-state index in [4.69, 9.17) is 0 Å². The van der Waals surface area contributed by atoms with Crippen molar-refractivity contribution in [3.63, 3.8) is 0 Å². The number of H-pyrrole nitrogens is 1. The molecule has 0 saturated heterocycles. The van der Waals surface area contributed by atoms with Crippen molar-refractivity contribution in [2.45, 2.75) is 25.7 Å². The number of pyridine rings is 2. The van der Waals surface area contributed by atoms with Gasteiger partial charge in [-0.2, -0.15) is 0 Å². The van der Waals surface area contributed by atoms with Crippen molar-refractivity contribution >= 4 is 11.5 Å². The number of hydrogen-bond acceptors (Lipinski definition) is 3. The molecule has 3 aromatic rings. The predicted octanol–water partition coefficient (Wildman–Crippen LogP) is -1.15. The number of hydrogen-bond donors (Lipinski definition) is 1. The molecule has 0 unspecified atom stereocenters. The summed E-state index contributed by atoms with van der Waals surface area (Å²) in [4.78, 5) is 26.8. The Hall–Kier alpha value is -1.18. The van der Waals surface area contributed by atoms with Crippen molar-refractivity contribution in [3.05, 3.63) is 63.8 Å². The maximum absolute atomic E-state index is 12.5. The Morgan fingerprint density at radius 2 is 2.08 bits per heavy atom. The van der Waals surface area contributed by atoms with Crippen LogP contribution >= 0.6 is 0 Å². The van der Waals surface area contributed by atoms with Gasteiger partial charge in [-0.15, -0.1) is 0 Å². The van der Waals surface area contributed by atoms with Gasteiger partial charge in [0.2, 0.25) is 0 Å². The second kappa shape index (κ2) is 6.61. The topological polar surface area (TPSA) is 77.4 Å². The molecule has 116 valence electrons. The Morgan fingerprint density at radius 3 is 2.67 bits per heavy atom. The van der Waals surface area contributed by atoms with E-state index in [0.29, 0.717) is 5.92 Å². The van der Waals surface area contributed by atoms with Gasteiger partial charge in [0.05, 0.1) is 17.0 Å². The van der Waals surface area contributed by atoms with Crippen LogP contribution < -0.4 is 62.1 Å². The van der Waals surface area contributed by atoms with Gasteiger partial charge in [-0.25, -0.2) is 0 Å². The molecule has 6 heteroatoms. The first-order chi connectivity index (χ1) is 11.1. The smallest absolute Gasteiger partial charge is 0.545 e. The molecule has 3 heterocycles. The minimum atomic E-state index is -1.42. The molecule has 0 radical (unpaired) electrons.